The van der Waals surface area contributed by atoms with Gasteiger partial charge in [-0.15, -0.1) is 0 Å². The Morgan fingerprint density at radius 3 is 2.43 bits per heavy atom. The van der Waals surface area contributed by atoms with E-state index in [1.54, 1.807) is 7.11 Å². The first-order chi connectivity index (χ1) is 50.9. The third-order valence-corrected chi connectivity index (χ3v) is 29.7. The van der Waals surface area contributed by atoms with E-state index in [0.717, 1.165) is 64.2 Å². The fourth-order valence-corrected chi connectivity index (χ4v) is 25.5. The molecule has 28 rings (SSSR count). The summed E-state index contributed by atoms with van der Waals surface area (Å²) in [6.45, 7) is 0.780. The molecule has 0 unspecified atom stereocenters. The van der Waals surface area contributed by atoms with Crippen LogP contribution < -0.4 is 10.4 Å². The third kappa shape index (κ3) is 9.42. The number of methoxy groups -OCH3 is 1. The predicted molar refractivity (Wildman–Crippen MR) is 400 cm³/mol. The largest absolute Gasteiger partial charge is 0.482 e. The van der Waals surface area contributed by atoms with Gasteiger partial charge in [0, 0.05) is 77.6 Å². The highest BCUT2D eigenvalue weighted by molar-refractivity contribution is 5.91. The molecule has 4 aliphatic heterocycles. The summed E-state index contributed by atoms with van der Waals surface area (Å²) < 4.78 is 35.6. The number of hydrogen-bond acceptors (Lipinski definition) is 11. The van der Waals surface area contributed by atoms with Gasteiger partial charge in [0.1, 0.15) is 11.3 Å². The summed E-state index contributed by atoms with van der Waals surface area (Å²) in [5, 5.41) is 34.2. The topological polar surface area (TPSA) is 162 Å². The summed E-state index contributed by atoms with van der Waals surface area (Å²) in [5.74, 6) is -1.38. The van der Waals surface area contributed by atoms with Gasteiger partial charge in [0.05, 0.1) is 25.4 Å². The third-order valence-electron chi connectivity index (χ3n) is 29.7. The molecule has 0 amide bonds. The second kappa shape index (κ2) is 24.7. The molecule has 21 aliphatic rings. The normalized spacial score (nSPS) is 33.7. The highest BCUT2D eigenvalue weighted by atomic mass is 16.6. The van der Waals surface area contributed by atoms with Crippen LogP contribution in [-0.4, -0.2) is 65.9 Å². The number of benzene rings is 6. The van der Waals surface area contributed by atoms with Crippen molar-refractivity contribution in [2.75, 3.05) is 26.9 Å². The van der Waals surface area contributed by atoms with Crippen LogP contribution in [0.15, 0.2) is 172 Å². The van der Waals surface area contributed by atoms with Crippen molar-refractivity contribution < 1.29 is 48.3 Å². The summed E-state index contributed by atoms with van der Waals surface area (Å²) >= 11 is 0. The lowest BCUT2D eigenvalue weighted by molar-refractivity contribution is -0.210. The summed E-state index contributed by atoms with van der Waals surface area (Å²) in [6, 6.07) is 44.4. The fourth-order valence-electron chi connectivity index (χ4n) is 25.5. The maximum absolute atomic E-state index is 16.9. The van der Waals surface area contributed by atoms with Gasteiger partial charge in [0.25, 0.3) is 0 Å². The smallest absolute Gasteiger partial charge is 0.340 e. The number of hydrogen-bond donors (Lipinski definition) is 3. The average molecular weight is 1390 g/mol. The summed E-state index contributed by atoms with van der Waals surface area (Å²) in [7, 11) is 1.54. The number of rotatable bonds is 7. The lowest BCUT2D eigenvalue weighted by atomic mass is 9.48. The van der Waals surface area contributed by atoms with E-state index in [9.17, 15) is 15.3 Å². The van der Waals surface area contributed by atoms with Gasteiger partial charge in [-0.05, 0) is 239 Å². The first-order valence-corrected chi connectivity index (χ1v) is 39.4. The number of aliphatic hydroxyl groups excluding tert-OH is 3. The van der Waals surface area contributed by atoms with Crippen LogP contribution in [0.2, 0.25) is 0 Å². The van der Waals surface area contributed by atoms with Crippen molar-refractivity contribution in [2.45, 2.75) is 193 Å². The van der Waals surface area contributed by atoms with Crippen molar-refractivity contribution in [1.82, 2.24) is 0 Å². The van der Waals surface area contributed by atoms with Crippen molar-refractivity contribution in [1.29, 1.82) is 0 Å². The van der Waals surface area contributed by atoms with Crippen LogP contribution in [-0.2, 0) is 54.1 Å². The molecule has 11 heteroatoms. The Morgan fingerprint density at radius 2 is 1.59 bits per heavy atom. The van der Waals surface area contributed by atoms with Crippen LogP contribution >= 0.6 is 0 Å². The zero-order valence-corrected chi connectivity index (χ0v) is 59.8. The average Bonchev–Trinajstić information content (AvgIpc) is 1.55. The Morgan fingerprint density at radius 1 is 0.740 bits per heavy atom. The van der Waals surface area contributed by atoms with Gasteiger partial charge in [-0.1, -0.05) is 171 Å². The van der Waals surface area contributed by atoms with Crippen molar-refractivity contribution in [3.63, 3.8) is 0 Å². The number of allylic oxidation sites excluding steroid dienone is 5. The maximum atomic E-state index is 16.9. The molecule has 0 radical (unpaired) electrons. The molecule has 3 spiro atoms. The Bertz CT molecular complexity index is 4930. The Labute approximate surface area is 609 Å². The second-order valence-corrected chi connectivity index (χ2v) is 34.0. The Hall–Kier alpha value is -8.19. The molecule has 1 saturated heterocycles. The van der Waals surface area contributed by atoms with E-state index in [2.05, 4.69) is 152 Å². The molecular weight excluding hydrogens is 1290 g/mol. The molecule has 21 bridgehead atoms. The Kier molecular flexibility index (Phi) is 15.5. The number of ether oxygens (including phenoxy) is 4. The quantitative estimate of drug-likeness (QED) is 0.0603. The highest BCUT2D eigenvalue weighted by Gasteiger charge is 2.70. The SMILES string of the molecule is COC[C@@H](CCO)c1c(CO)c2ccc3c(c2oc1=O)[C@H]1OC(=O)C[C@H]2C[C@@H]4C=C[C@@H]2c2ccc5c(c2)[C@H]2C[C@H]([C@@H]5C/C(=C(\C)CO)C(=O)O[C@@H]1[C@@]1(CC=C[C@]5(C2)[C@H]2C=Cc6ccccc6[C@@H]2C[C@@H]51)O3)C1(CCCC1)c1ccc(cc1)Cc1ccc2c(c1)[C@]13c5cccc4c5CC[C@@H]1CCC[C@@H]3C=C2. The van der Waals surface area contributed by atoms with Gasteiger partial charge < -0.3 is 38.7 Å². The molecule has 104 heavy (non-hydrogen) atoms. The van der Waals surface area contributed by atoms with E-state index >= 15 is 14.4 Å². The first kappa shape index (κ1) is 65.3. The van der Waals surface area contributed by atoms with Gasteiger partial charge in [-0.25, -0.2) is 9.59 Å². The van der Waals surface area contributed by atoms with Crippen molar-refractivity contribution >= 4 is 35.1 Å². The van der Waals surface area contributed by atoms with Gasteiger partial charge in [-0.3, -0.25) is 4.79 Å². The van der Waals surface area contributed by atoms with Crippen LogP contribution in [0.4, 0.5) is 0 Å². The number of carbonyl (C=O) groups is 2. The molecule has 7 aromatic rings. The molecular formula is C93H94O11. The summed E-state index contributed by atoms with van der Waals surface area (Å²) in [4.78, 5) is 48.8. The zero-order chi connectivity index (χ0) is 70.1. The first-order valence-electron chi connectivity index (χ1n) is 39.4. The number of carbonyl (C=O) groups excluding carboxylic acids is 2. The van der Waals surface area contributed by atoms with E-state index in [1.807, 2.05) is 19.1 Å². The van der Waals surface area contributed by atoms with Crippen LogP contribution in [0.25, 0.3) is 23.1 Å². The molecule has 6 aromatic carbocycles. The molecule has 11 nitrogen and oxygen atoms in total. The molecule has 17 aliphatic carbocycles. The molecule has 3 saturated carbocycles. The van der Waals surface area contributed by atoms with E-state index in [0.29, 0.717) is 65.4 Å². The van der Waals surface area contributed by atoms with Crippen LogP contribution in [0, 0.1) is 40.9 Å². The molecule has 17 atom stereocenters. The molecule has 532 valence electrons. The second-order valence-electron chi connectivity index (χ2n) is 34.0. The highest BCUT2D eigenvalue weighted by Crippen LogP contribution is 2.72. The minimum atomic E-state index is -1.41. The zero-order valence-electron chi connectivity index (χ0n) is 59.8. The van der Waals surface area contributed by atoms with Crippen LogP contribution in [0.1, 0.15) is 240 Å². The van der Waals surface area contributed by atoms with E-state index < -0.39 is 53.3 Å². The van der Waals surface area contributed by atoms with Gasteiger partial charge >= 0.3 is 17.6 Å². The van der Waals surface area contributed by atoms with E-state index in [4.69, 9.17) is 23.4 Å². The van der Waals surface area contributed by atoms with Gasteiger partial charge in [0.2, 0.25) is 0 Å². The molecule has 1 aromatic heterocycles. The number of fused-ring (bicyclic) bond motifs is 10. The van der Waals surface area contributed by atoms with Crippen LogP contribution in [0.3, 0.4) is 0 Å². The predicted octanol–water partition coefficient (Wildman–Crippen LogP) is 17.3. The monoisotopic (exact) mass is 1390 g/mol. The van der Waals surface area contributed by atoms with E-state index in [1.165, 1.54) is 85.2 Å². The summed E-state index contributed by atoms with van der Waals surface area (Å²) in [5.41, 5.74) is 15.9. The number of aliphatic hydroxyl groups is 3. The lowest BCUT2D eigenvalue weighted by Gasteiger charge is -2.57. The van der Waals surface area contributed by atoms with Crippen LogP contribution in [0.5, 0.6) is 5.75 Å². The van der Waals surface area contributed by atoms with Crippen molar-refractivity contribution in [2.24, 2.45) is 40.9 Å². The number of esters is 2. The van der Waals surface area contributed by atoms with Crippen molar-refractivity contribution in [3.05, 3.63) is 262 Å². The van der Waals surface area contributed by atoms with E-state index in [-0.39, 0.29) is 113 Å². The maximum Gasteiger partial charge on any atom is 0.340 e. The molecule has 3 N–H and O–H groups in total. The summed E-state index contributed by atoms with van der Waals surface area (Å²) in [6.07, 6.45) is 31.3. The minimum absolute atomic E-state index is 0.0163. The molecule has 5 heterocycles. The fraction of sp³-hybridized carbons (Fsp3) is 0.452. The standard InChI is InChI=1S/C93H94O11/c1-52(49-95)71-46-73-68-29-22-58-43-72(68)61-44-79(73)90(35-5-6-36-90)62-24-17-53(18-25-62)40-54-16-19-56-20-26-63-11-7-12-64-27-30-69-67(14-8-15-77(69)93(63,64)78(56)41-54)57-21-28-65(58)60(42-57)45-82(97)101-86-84-80(33-31-70-75(50-96)83(89(99)102-85(70)84)59(34-39-94)51-100-2)104-92(87(86)103-88(71)98)38-9-37-91(48-61)76-32-23-55-10-3-4-13-66(55)74(76)47-81(91)92/h3-4,8-10,13-26,28-29,31-33,37,41,43,57,59-61,63-65,73-74,76,79,81,86-87,94-96H,5-7,11-12,27,30,34-36,38-40,42,44-51H2,1-2H3/b71-52-/t57-,59+,60+,61-,63+,64-,65+,73+,74-,76-,79+,81-,86+,87-,91-,92-,93-/m0/s1. The Balaban J connectivity index is 0.870. The van der Waals surface area contributed by atoms with Crippen molar-refractivity contribution in [3.8, 4) is 5.75 Å². The van der Waals surface area contributed by atoms with Gasteiger partial charge in [0.15, 0.2) is 17.8 Å². The lowest BCUT2D eigenvalue weighted by Crippen LogP contribution is -2.64. The molecule has 4 fully saturated rings. The van der Waals surface area contributed by atoms with Gasteiger partial charge in [-0.2, -0.15) is 0 Å². The minimum Gasteiger partial charge on any atom is -0.482 e.